The topological polar surface area (TPSA) is 9.23 Å². The number of rotatable bonds is 1. The largest absolute Gasteiger partial charge is 0.359 e. The molecule has 17 heavy (non-hydrogen) atoms. The van der Waals surface area contributed by atoms with Crippen molar-refractivity contribution < 1.29 is 4.74 Å². The van der Waals surface area contributed by atoms with Gasteiger partial charge in [-0.25, -0.2) is 0 Å². The lowest BCUT2D eigenvalue weighted by atomic mass is 9.88. The van der Waals surface area contributed by atoms with Crippen LogP contribution in [0.1, 0.15) is 43.7 Å². The summed E-state index contributed by atoms with van der Waals surface area (Å²) in [5.74, 6) is 0. The summed E-state index contributed by atoms with van der Waals surface area (Å²) in [4.78, 5) is 0. The summed E-state index contributed by atoms with van der Waals surface area (Å²) < 4.78 is 6.33. The molecule has 1 aromatic rings. The van der Waals surface area contributed by atoms with Crippen molar-refractivity contribution in [2.24, 2.45) is 0 Å². The molecule has 1 aromatic carbocycles. The van der Waals surface area contributed by atoms with E-state index in [-0.39, 0.29) is 5.60 Å². The fourth-order valence-corrected chi connectivity index (χ4v) is 3.26. The minimum Gasteiger partial charge on any atom is -0.359 e. The van der Waals surface area contributed by atoms with Gasteiger partial charge in [0.15, 0.2) is 0 Å². The van der Waals surface area contributed by atoms with Crippen LogP contribution in [0.2, 0.25) is 0 Å². The van der Waals surface area contributed by atoms with Crippen molar-refractivity contribution in [1.82, 2.24) is 0 Å². The standard InChI is InChI=1S/C16H20O/c1-12-7-3-5-9-14(12)16(2)11-13-8-4-6-10-15(13)17-16/h3,5,7,9,11,15H,4,6,8,10H2,1-2H3/t15-,16-/m1/s1. The third-order valence-electron chi connectivity index (χ3n) is 4.12. The van der Waals surface area contributed by atoms with E-state index in [1.54, 1.807) is 0 Å². The molecule has 1 nitrogen and oxygen atoms in total. The third kappa shape index (κ3) is 1.83. The smallest absolute Gasteiger partial charge is 0.110 e. The van der Waals surface area contributed by atoms with Gasteiger partial charge in [0.2, 0.25) is 0 Å². The van der Waals surface area contributed by atoms with Crippen LogP contribution in [0.4, 0.5) is 0 Å². The zero-order chi connectivity index (χ0) is 11.9. The van der Waals surface area contributed by atoms with Crippen molar-refractivity contribution in [2.45, 2.75) is 51.2 Å². The molecule has 1 heterocycles. The van der Waals surface area contributed by atoms with E-state index in [0.29, 0.717) is 6.10 Å². The molecule has 1 fully saturated rings. The van der Waals surface area contributed by atoms with Gasteiger partial charge in [-0.2, -0.15) is 0 Å². The minimum atomic E-state index is -0.199. The Morgan fingerprint density at radius 2 is 2.06 bits per heavy atom. The van der Waals surface area contributed by atoms with Gasteiger partial charge in [0.1, 0.15) is 5.60 Å². The molecule has 1 heteroatoms. The Morgan fingerprint density at radius 3 is 2.82 bits per heavy atom. The van der Waals surface area contributed by atoms with E-state index in [2.05, 4.69) is 44.2 Å². The lowest BCUT2D eigenvalue weighted by molar-refractivity contribution is -0.0257. The molecule has 0 radical (unpaired) electrons. The van der Waals surface area contributed by atoms with Gasteiger partial charge in [-0.3, -0.25) is 0 Å². The van der Waals surface area contributed by atoms with Crippen LogP contribution in [0.5, 0.6) is 0 Å². The van der Waals surface area contributed by atoms with Crippen molar-refractivity contribution >= 4 is 0 Å². The maximum Gasteiger partial charge on any atom is 0.110 e. The molecule has 0 unspecified atom stereocenters. The number of aryl methyl sites for hydroxylation is 1. The highest BCUT2D eigenvalue weighted by atomic mass is 16.5. The van der Waals surface area contributed by atoms with Crippen molar-refractivity contribution in [3.05, 3.63) is 47.0 Å². The summed E-state index contributed by atoms with van der Waals surface area (Å²) in [5, 5.41) is 0. The number of ether oxygens (including phenoxy) is 1. The monoisotopic (exact) mass is 228 g/mol. The molecular weight excluding hydrogens is 208 g/mol. The predicted octanol–water partition coefficient (Wildman–Crippen LogP) is 4.11. The zero-order valence-electron chi connectivity index (χ0n) is 10.7. The Labute approximate surface area is 103 Å². The molecular formula is C16H20O. The van der Waals surface area contributed by atoms with Crippen LogP contribution in [0.3, 0.4) is 0 Å². The molecule has 3 rings (SSSR count). The SMILES string of the molecule is Cc1ccccc1[C@@]1(C)C=C2CCCC[C@H]2O1. The molecule has 0 spiro atoms. The van der Waals surface area contributed by atoms with Gasteiger partial charge in [-0.1, -0.05) is 30.7 Å². The first kappa shape index (κ1) is 11.0. The Hall–Kier alpha value is -1.08. The van der Waals surface area contributed by atoms with Gasteiger partial charge in [0, 0.05) is 0 Å². The summed E-state index contributed by atoms with van der Waals surface area (Å²) in [6, 6.07) is 8.57. The highest BCUT2D eigenvalue weighted by Gasteiger charge is 2.38. The van der Waals surface area contributed by atoms with Gasteiger partial charge in [-0.15, -0.1) is 0 Å². The first-order valence-corrected chi connectivity index (χ1v) is 6.65. The second-order valence-electron chi connectivity index (χ2n) is 5.49. The van der Waals surface area contributed by atoms with E-state index in [4.69, 9.17) is 4.74 Å². The number of benzene rings is 1. The van der Waals surface area contributed by atoms with Crippen LogP contribution in [0.25, 0.3) is 0 Å². The van der Waals surface area contributed by atoms with Crippen LogP contribution >= 0.6 is 0 Å². The summed E-state index contributed by atoms with van der Waals surface area (Å²) in [6.07, 6.45) is 7.83. The summed E-state index contributed by atoms with van der Waals surface area (Å²) >= 11 is 0. The molecule has 1 aliphatic heterocycles. The molecule has 1 saturated carbocycles. The van der Waals surface area contributed by atoms with Gasteiger partial charge < -0.3 is 4.74 Å². The molecule has 0 bridgehead atoms. The summed E-state index contributed by atoms with van der Waals surface area (Å²) in [7, 11) is 0. The van der Waals surface area contributed by atoms with Crippen molar-refractivity contribution in [1.29, 1.82) is 0 Å². The Morgan fingerprint density at radius 1 is 1.24 bits per heavy atom. The van der Waals surface area contributed by atoms with Gasteiger partial charge in [0.25, 0.3) is 0 Å². The van der Waals surface area contributed by atoms with Crippen LogP contribution in [-0.2, 0) is 10.3 Å². The Balaban J connectivity index is 1.98. The van der Waals surface area contributed by atoms with E-state index in [9.17, 15) is 0 Å². The molecule has 0 amide bonds. The quantitative estimate of drug-likeness (QED) is 0.657. The number of hydrogen-bond donors (Lipinski definition) is 0. The average molecular weight is 228 g/mol. The van der Waals surface area contributed by atoms with Crippen LogP contribution in [0, 0.1) is 6.92 Å². The zero-order valence-corrected chi connectivity index (χ0v) is 10.7. The molecule has 2 atom stereocenters. The highest BCUT2D eigenvalue weighted by Crippen LogP contribution is 2.43. The lowest BCUT2D eigenvalue weighted by Crippen LogP contribution is -2.25. The number of hydrogen-bond acceptors (Lipinski definition) is 1. The maximum atomic E-state index is 6.33. The molecule has 1 aliphatic carbocycles. The van der Waals surface area contributed by atoms with E-state index in [1.165, 1.54) is 42.4 Å². The van der Waals surface area contributed by atoms with Crippen molar-refractivity contribution in [3.63, 3.8) is 0 Å². The van der Waals surface area contributed by atoms with Crippen LogP contribution in [-0.4, -0.2) is 6.10 Å². The van der Waals surface area contributed by atoms with Crippen molar-refractivity contribution in [2.75, 3.05) is 0 Å². The molecule has 0 aromatic heterocycles. The second-order valence-corrected chi connectivity index (χ2v) is 5.49. The fraction of sp³-hybridized carbons (Fsp3) is 0.500. The summed E-state index contributed by atoms with van der Waals surface area (Å²) in [5.41, 5.74) is 3.98. The fourth-order valence-electron chi connectivity index (χ4n) is 3.26. The van der Waals surface area contributed by atoms with Crippen molar-refractivity contribution in [3.8, 4) is 0 Å². The third-order valence-corrected chi connectivity index (χ3v) is 4.12. The Bertz CT molecular complexity index is 460. The van der Waals surface area contributed by atoms with Crippen LogP contribution < -0.4 is 0 Å². The van der Waals surface area contributed by atoms with E-state index >= 15 is 0 Å². The lowest BCUT2D eigenvalue weighted by Gasteiger charge is -2.28. The molecule has 0 saturated heterocycles. The maximum absolute atomic E-state index is 6.33. The number of fused-ring (bicyclic) bond motifs is 1. The van der Waals surface area contributed by atoms with E-state index < -0.39 is 0 Å². The first-order valence-electron chi connectivity index (χ1n) is 6.65. The Kier molecular flexibility index (Phi) is 2.59. The van der Waals surface area contributed by atoms with E-state index in [0.717, 1.165) is 0 Å². The minimum absolute atomic E-state index is 0.199. The highest BCUT2D eigenvalue weighted by molar-refractivity contribution is 5.38. The van der Waals surface area contributed by atoms with Gasteiger partial charge in [0.05, 0.1) is 6.10 Å². The van der Waals surface area contributed by atoms with Crippen LogP contribution in [0.15, 0.2) is 35.9 Å². The van der Waals surface area contributed by atoms with E-state index in [1.807, 2.05) is 0 Å². The average Bonchev–Trinajstić information content (AvgIpc) is 2.66. The predicted molar refractivity (Wildman–Crippen MR) is 70.0 cm³/mol. The molecule has 0 N–H and O–H groups in total. The molecule has 2 aliphatic rings. The van der Waals surface area contributed by atoms with Gasteiger partial charge in [-0.05, 0) is 55.9 Å². The normalized spacial score (nSPS) is 32.1. The summed E-state index contributed by atoms with van der Waals surface area (Å²) in [6.45, 7) is 4.38. The first-order chi connectivity index (χ1) is 8.19. The molecule has 90 valence electrons. The van der Waals surface area contributed by atoms with Gasteiger partial charge >= 0.3 is 0 Å². The second kappa shape index (κ2) is 3.99.